The number of halogens is 1. The van der Waals surface area contributed by atoms with Crippen molar-refractivity contribution in [3.8, 4) is 6.07 Å². The molecule has 0 unspecified atom stereocenters. The fourth-order valence-corrected chi connectivity index (χ4v) is 2.84. The number of para-hydroxylation sites is 1. The Morgan fingerprint density at radius 2 is 2.05 bits per heavy atom. The smallest absolute Gasteiger partial charge is 0.147 e. The summed E-state index contributed by atoms with van der Waals surface area (Å²) in [6.45, 7) is 4.50. The van der Waals surface area contributed by atoms with Crippen molar-refractivity contribution in [1.29, 1.82) is 5.26 Å². The first-order valence-corrected chi connectivity index (χ1v) is 8.69. The zero-order valence-electron chi connectivity index (χ0n) is 11.9. The average molecular weight is 315 g/mol. The SMILES string of the molecule is CC(C)(CCS(C)(=O)=O)CNc1c(Cl)cccc1C#N. The minimum atomic E-state index is -2.97. The van der Waals surface area contributed by atoms with Crippen molar-refractivity contribution in [1.82, 2.24) is 0 Å². The summed E-state index contributed by atoms with van der Waals surface area (Å²) >= 11 is 6.08. The van der Waals surface area contributed by atoms with Crippen LogP contribution in [0.3, 0.4) is 0 Å². The van der Waals surface area contributed by atoms with Crippen molar-refractivity contribution < 1.29 is 8.42 Å². The predicted octanol–water partition coefficient (Wildman–Crippen LogP) is 3.08. The third-order valence-corrected chi connectivity index (χ3v) is 4.29. The fraction of sp³-hybridized carbons (Fsp3) is 0.500. The third-order valence-electron chi connectivity index (χ3n) is 3.03. The van der Waals surface area contributed by atoms with Crippen LogP contribution in [0.4, 0.5) is 5.69 Å². The van der Waals surface area contributed by atoms with Crippen molar-refractivity contribution in [3.05, 3.63) is 28.8 Å². The van der Waals surface area contributed by atoms with Crippen LogP contribution in [0.15, 0.2) is 18.2 Å². The number of nitrogens with zero attached hydrogens (tertiary/aromatic N) is 1. The summed E-state index contributed by atoms with van der Waals surface area (Å²) in [5.41, 5.74) is 0.870. The minimum absolute atomic E-state index is 0.148. The molecule has 0 aromatic heterocycles. The maximum absolute atomic E-state index is 11.2. The predicted molar refractivity (Wildman–Crippen MR) is 82.8 cm³/mol. The lowest BCUT2D eigenvalue weighted by atomic mass is 9.90. The van der Waals surface area contributed by atoms with E-state index in [4.69, 9.17) is 16.9 Å². The lowest BCUT2D eigenvalue weighted by Gasteiger charge is -2.25. The van der Waals surface area contributed by atoms with Gasteiger partial charge in [-0.25, -0.2) is 8.42 Å². The van der Waals surface area contributed by atoms with E-state index in [0.717, 1.165) is 0 Å². The van der Waals surface area contributed by atoms with E-state index >= 15 is 0 Å². The molecule has 1 aromatic carbocycles. The monoisotopic (exact) mass is 314 g/mol. The molecule has 0 atom stereocenters. The van der Waals surface area contributed by atoms with E-state index in [9.17, 15) is 8.42 Å². The van der Waals surface area contributed by atoms with Gasteiger partial charge in [0, 0.05) is 12.8 Å². The lowest BCUT2D eigenvalue weighted by Crippen LogP contribution is -2.26. The second kappa shape index (κ2) is 6.47. The molecule has 0 amide bonds. The first-order chi connectivity index (χ1) is 9.14. The summed E-state index contributed by atoms with van der Waals surface area (Å²) in [6, 6.07) is 7.22. The van der Waals surface area contributed by atoms with Gasteiger partial charge >= 0.3 is 0 Å². The molecule has 110 valence electrons. The van der Waals surface area contributed by atoms with Gasteiger partial charge in [-0.2, -0.15) is 5.26 Å². The number of hydrogen-bond acceptors (Lipinski definition) is 4. The highest BCUT2D eigenvalue weighted by Gasteiger charge is 2.21. The van der Waals surface area contributed by atoms with Crippen LogP contribution in [-0.2, 0) is 9.84 Å². The molecule has 1 rings (SSSR count). The zero-order chi connectivity index (χ0) is 15.4. The van der Waals surface area contributed by atoms with Crippen molar-refractivity contribution in [2.75, 3.05) is 23.9 Å². The number of nitriles is 1. The van der Waals surface area contributed by atoms with E-state index in [-0.39, 0.29) is 11.2 Å². The quantitative estimate of drug-likeness (QED) is 0.876. The Kier molecular flexibility index (Phi) is 5.43. The molecule has 0 saturated heterocycles. The van der Waals surface area contributed by atoms with Crippen molar-refractivity contribution >= 4 is 27.1 Å². The van der Waals surface area contributed by atoms with Gasteiger partial charge in [-0.1, -0.05) is 31.5 Å². The largest absolute Gasteiger partial charge is 0.382 e. The first kappa shape index (κ1) is 16.8. The highest BCUT2D eigenvalue weighted by Crippen LogP contribution is 2.28. The molecular formula is C14H19ClN2O2S. The molecular weight excluding hydrogens is 296 g/mol. The molecule has 0 spiro atoms. The van der Waals surface area contributed by atoms with E-state index in [1.807, 2.05) is 13.8 Å². The number of benzene rings is 1. The standard InChI is InChI=1S/C14H19ClN2O2S/c1-14(2,7-8-20(3,18)19)10-17-13-11(9-16)5-4-6-12(13)15/h4-6,17H,7-8,10H2,1-3H3. The van der Waals surface area contributed by atoms with Gasteiger partial charge in [-0.3, -0.25) is 0 Å². The Morgan fingerprint density at radius 1 is 1.40 bits per heavy atom. The molecule has 0 bridgehead atoms. The van der Waals surface area contributed by atoms with E-state index < -0.39 is 9.84 Å². The summed E-state index contributed by atoms with van der Waals surface area (Å²) in [6.07, 6.45) is 1.78. The molecule has 6 heteroatoms. The van der Waals surface area contributed by atoms with Gasteiger partial charge in [0.25, 0.3) is 0 Å². The van der Waals surface area contributed by atoms with Crippen molar-refractivity contribution in [2.45, 2.75) is 20.3 Å². The molecule has 20 heavy (non-hydrogen) atoms. The molecule has 1 aromatic rings. The van der Waals surface area contributed by atoms with Gasteiger partial charge in [0.15, 0.2) is 0 Å². The van der Waals surface area contributed by atoms with E-state index in [1.165, 1.54) is 6.26 Å². The number of anilines is 1. The highest BCUT2D eigenvalue weighted by molar-refractivity contribution is 7.90. The van der Waals surface area contributed by atoms with Crippen LogP contribution in [0.5, 0.6) is 0 Å². The van der Waals surface area contributed by atoms with Gasteiger partial charge < -0.3 is 5.32 Å². The van der Waals surface area contributed by atoms with Gasteiger partial charge in [0.05, 0.1) is 22.0 Å². The molecule has 0 aliphatic heterocycles. The number of hydrogen-bond donors (Lipinski definition) is 1. The van der Waals surface area contributed by atoms with Crippen molar-refractivity contribution in [2.24, 2.45) is 5.41 Å². The van der Waals surface area contributed by atoms with E-state index in [0.29, 0.717) is 29.2 Å². The molecule has 0 fully saturated rings. The number of sulfone groups is 1. The highest BCUT2D eigenvalue weighted by atomic mass is 35.5. The van der Waals surface area contributed by atoms with Crippen LogP contribution in [0, 0.1) is 16.7 Å². The molecule has 0 saturated carbocycles. The summed E-state index contributed by atoms with van der Waals surface area (Å²) in [5, 5.41) is 12.7. The Hall–Kier alpha value is -1.25. The van der Waals surface area contributed by atoms with Crippen LogP contribution < -0.4 is 5.32 Å². The van der Waals surface area contributed by atoms with Crippen molar-refractivity contribution in [3.63, 3.8) is 0 Å². The Balaban J connectivity index is 2.74. The summed E-state index contributed by atoms with van der Waals surface area (Å²) in [4.78, 5) is 0. The summed E-state index contributed by atoms with van der Waals surface area (Å²) in [7, 11) is -2.97. The molecule has 0 radical (unpaired) electrons. The number of nitrogens with one attached hydrogen (secondary N) is 1. The second-order valence-corrected chi connectivity index (χ2v) is 8.34. The first-order valence-electron chi connectivity index (χ1n) is 6.25. The van der Waals surface area contributed by atoms with Crippen LogP contribution >= 0.6 is 11.6 Å². The second-order valence-electron chi connectivity index (χ2n) is 5.67. The number of rotatable bonds is 6. The van der Waals surface area contributed by atoms with E-state index in [2.05, 4.69) is 11.4 Å². The molecule has 0 aliphatic carbocycles. The molecule has 1 N–H and O–H groups in total. The van der Waals surface area contributed by atoms with Crippen LogP contribution in [0.1, 0.15) is 25.8 Å². The van der Waals surface area contributed by atoms with Gasteiger partial charge in [-0.15, -0.1) is 0 Å². The normalized spacial score (nSPS) is 11.9. The average Bonchev–Trinajstić information content (AvgIpc) is 2.34. The third kappa shape index (κ3) is 5.40. The Morgan fingerprint density at radius 3 is 2.60 bits per heavy atom. The summed E-state index contributed by atoms with van der Waals surface area (Å²) in [5.74, 6) is 0.148. The van der Waals surface area contributed by atoms with Crippen LogP contribution in [-0.4, -0.2) is 27.0 Å². The Labute approximate surface area is 125 Å². The maximum atomic E-state index is 11.2. The van der Waals surface area contributed by atoms with Gasteiger partial charge in [-0.05, 0) is 24.0 Å². The molecule has 4 nitrogen and oxygen atoms in total. The molecule has 0 heterocycles. The summed E-state index contributed by atoms with van der Waals surface area (Å²) < 4.78 is 22.4. The van der Waals surface area contributed by atoms with Crippen LogP contribution in [0.25, 0.3) is 0 Å². The Bertz CT molecular complexity index is 619. The topological polar surface area (TPSA) is 70.0 Å². The lowest BCUT2D eigenvalue weighted by molar-refractivity contribution is 0.377. The van der Waals surface area contributed by atoms with Crippen LogP contribution in [0.2, 0.25) is 5.02 Å². The van der Waals surface area contributed by atoms with Gasteiger partial charge in [0.2, 0.25) is 0 Å². The maximum Gasteiger partial charge on any atom is 0.147 e. The van der Waals surface area contributed by atoms with E-state index in [1.54, 1.807) is 18.2 Å². The minimum Gasteiger partial charge on any atom is -0.382 e. The van der Waals surface area contributed by atoms with Gasteiger partial charge in [0.1, 0.15) is 15.9 Å². The molecule has 0 aliphatic rings. The fourth-order valence-electron chi connectivity index (χ4n) is 1.67. The zero-order valence-corrected chi connectivity index (χ0v) is 13.5.